The van der Waals surface area contributed by atoms with Crippen molar-refractivity contribution in [2.45, 2.75) is 6.54 Å². The predicted molar refractivity (Wildman–Crippen MR) is 75.3 cm³/mol. The van der Waals surface area contributed by atoms with Crippen LogP contribution in [0.3, 0.4) is 0 Å². The van der Waals surface area contributed by atoms with Crippen molar-refractivity contribution in [3.8, 4) is 5.75 Å². The lowest BCUT2D eigenvalue weighted by Gasteiger charge is -2.09. The minimum Gasteiger partial charge on any atom is -0.508 e. The van der Waals surface area contributed by atoms with Crippen LogP contribution in [-0.2, 0) is 6.54 Å². The SMILES string of the molecule is Cl.Oc1ccc2ccccc2c1CNCCCl. The van der Waals surface area contributed by atoms with Crippen molar-refractivity contribution < 1.29 is 5.11 Å². The molecule has 0 amide bonds. The molecule has 0 saturated carbocycles. The predicted octanol–water partition coefficient (Wildman–Crippen LogP) is 3.30. The molecule has 4 heteroatoms. The highest BCUT2D eigenvalue weighted by Gasteiger charge is 2.05. The second-order valence-electron chi connectivity index (χ2n) is 3.65. The Kier molecular flexibility index (Phi) is 5.56. The minimum atomic E-state index is 0. The maximum atomic E-state index is 9.83. The van der Waals surface area contributed by atoms with Crippen LogP contribution in [0.15, 0.2) is 36.4 Å². The normalized spacial score (nSPS) is 10.2. The molecule has 2 N–H and O–H groups in total. The van der Waals surface area contributed by atoms with E-state index in [9.17, 15) is 5.11 Å². The van der Waals surface area contributed by atoms with Gasteiger partial charge in [0.25, 0.3) is 0 Å². The summed E-state index contributed by atoms with van der Waals surface area (Å²) in [4.78, 5) is 0. The third-order valence-electron chi connectivity index (χ3n) is 2.59. The van der Waals surface area contributed by atoms with Gasteiger partial charge in [-0.05, 0) is 16.8 Å². The number of hydrogen-bond acceptors (Lipinski definition) is 2. The van der Waals surface area contributed by atoms with Crippen LogP contribution < -0.4 is 5.32 Å². The van der Waals surface area contributed by atoms with Crippen molar-refractivity contribution in [1.29, 1.82) is 0 Å². The first kappa shape index (κ1) is 14.1. The Morgan fingerprint density at radius 1 is 1.12 bits per heavy atom. The Bertz CT molecular complexity index is 488. The van der Waals surface area contributed by atoms with Crippen molar-refractivity contribution in [2.75, 3.05) is 12.4 Å². The third kappa shape index (κ3) is 3.25. The zero-order valence-corrected chi connectivity index (χ0v) is 10.9. The number of fused-ring (bicyclic) bond motifs is 1. The van der Waals surface area contributed by atoms with Gasteiger partial charge in [-0.3, -0.25) is 0 Å². The van der Waals surface area contributed by atoms with Gasteiger partial charge in [-0.2, -0.15) is 0 Å². The highest BCUT2D eigenvalue weighted by atomic mass is 35.5. The molecule has 2 nitrogen and oxygen atoms in total. The Hall–Kier alpha value is -0.960. The van der Waals surface area contributed by atoms with E-state index in [0.29, 0.717) is 18.2 Å². The zero-order chi connectivity index (χ0) is 11.4. The molecule has 0 atom stereocenters. The molecule has 2 rings (SSSR count). The fourth-order valence-corrected chi connectivity index (χ4v) is 1.92. The first-order chi connectivity index (χ1) is 7.83. The lowest BCUT2D eigenvalue weighted by atomic mass is 10.0. The van der Waals surface area contributed by atoms with E-state index in [2.05, 4.69) is 5.32 Å². The van der Waals surface area contributed by atoms with E-state index >= 15 is 0 Å². The molecule has 0 aliphatic heterocycles. The van der Waals surface area contributed by atoms with Crippen LogP contribution in [0.25, 0.3) is 10.8 Å². The summed E-state index contributed by atoms with van der Waals surface area (Å²) in [6.07, 6.45) is 0. The quantitative estimate of drug-likeness (QED) is 0.661. The van der Waals surface area contributed by atoms with Gasteiger partial charge in [0.2, 0.25) is 0 Å². The van der Waals surface area contributed by atoms with Crippen molar-refractivity contribution in [2.24, 2.45) is 0 Å². The molecule has 0 saturated heterocycles. The minimum absolute atomic E-state index is 0. The average molecular weight is 272 g/mol. The maximum Gasteiger partial charge on any atom is 0.120 e. The molecule has 0 aliphatic rings. The van der Waals surface area contributed by atoms with Crippen molar-refractivity contribution in [3.63, 3.8) is 0 Å². The highest BCUT2D eigenvalue weighted by molar-refractivity contribution is 6.18. The molecule has 0 fully saturated rings. The number of halogens is 2. The molecular weight excluding hydrogens is 257 g/mol. The van der Waals surface area contributed by atoms with Crippen molar-refractivity contribution in [3.05, 3.63) is 42.0 Å². The van der Waals surface area contributed by atoms with Gasteiger partial charge in [-0.1, -0.05) is 30.3 Å². The average Bonchev–Trinajstić information content (AvgIpc) is 2.32. The summed E-state index contributed by atoms with van der Waals surface area (Å²) in [7, 11) is 0. The number of alkyl halides is 1. The van der Waals surface area contributed by atoms with E-state index in [4.69, 9.17) is 11.6 Å². The molecular formula is C13H15Cl2NO. The molecule has 0 aliphatic carbocycles. The highest BCUT2D eigenvalue weighted by Crippen LogP contribution is 2.26. The van der Waals surface area contributed by atoms with E-state index < -0.39 is 0 Å². The van der Waals surface area contributed by atoms with Gasteiger partial charge in [-0.25, -0.2) is 0 Å². The lowest BCUT2D eigenvalue weighted by molar-refractivity contribution is 0.466. The monoisotopic (exact) mass is 271 g/mol. The number of hydrogen-bond donors (Lipinski definition) is 2. The topological polar surface area (TPSA) is 32.3 Å². The van der Waals surface area contributed by atoms with Gasteiger partial charge >= 0.3 is 0 Å². The van der Waals surface area contributed by atoms with Crippen LogP contribution in [0.2, 0.25) is 0 Å². The standard InChI is InChI=1S/C13H14ClNO.ClH/c14-7-8-15-9-12-11-4-2-1-3-10(11)5-6-13(12)16;/h1-6,15-16H,7-9H2;1H. The second kappa shape index (κ2) is 6.70. The first-order valence-corrected chi connectivity index (χ1v) is 5.82. The van der Waals surface area contributed by atoms with Crippen molar-refractivity contribution >= 4 is 34.8 Å². The van der Waals surface area contributed by atoms with Crippen molar-refractivity contribution in [1.82, 2.24) is 5.32 Å². The molecule has 0 radical (unpaired) electrons. The Balaban J connectivity index is 0.00000144. The molecule has 0 heterocycles. The summed E-state index contributed by atoms with van der Waals surface area (Å²) in [6, 6.07) is 11.7. The first-order valence-electron chi connectivity index (χ1n) is 5.29. The molecule has 0 spiro atoms. The Morgan fingerprint density at radius 2 is 1.88 bits per heavy atom. The fourth-order valence-electron chi connectivity index (χ4n) is 1.79. The summed E-state index contributed by atoms with van der Waals surface area (Å²) in [6.45, 7) is 1.38. The van der Waals surface area contributed by atoms with Crippen LogP contribution >= 0.6 is 24.0 Å². The zero-order valence-electron chi connectivity index (χ0n) is 9.32. The molecule has 2 aromatic carbocycles. The fraction of sp³-hybridized carbons (Fsp3) is 0.231. The van der Waals surface area contributed by atoms with Crippen LogP contribution in [0.5, 0.6) is 5.75 Å². The Labute approximate surface area is 112 Å². The lowest BCUT2D eigenvalue weighted by Crippen LogP contribution is -2.15. The van der Waals surface area contributed by atoms with Crippen LogP contribution in [-0.4, -0.2) is 17.5 Å². The largest absolute Gasteiger partial charge is 0.508 e. The summed E-state index contributed by atoms with van der Waals surface area (Å²) in [5.74, 6) is 0.909. The van der Waals surface area contributed by atoms with E-state index in [0.717, 1.165) is 22.9 Å². The third-order valence-corrected chi connectivity index (χ3v) is 2.78. The second-order valence-corrected chi connectivity index (χ2v) is 4.03. The summed E-state index contributed by atoms with van der Waals surface area (Å²) in [5, 5.41) is 15.3. The van der Waals surface area contributed by atoms with E-state index in [1.807, 2.05) is 30.3 Å². The van der Waals surface area contributed by atoms with Gasteiger partial charge in [-0.15, -0.1) is 24.0 Å². The molecule has 0 unspecified atom stereocenters. The number of nitrogens with one attached hydrogen (secondary N) is 1. The number of rotatable bonds is 4. The van der Waals surface area contributed by atoms with E-state index in [-0.39, 0.29) is 12.4 Å². The summed E-state index contributed by atoms with van der Waals surface area (Å²) in [5.41, 5.74) is 0.934. The molecule has 0 bridgehead atoms. The van der Waals surface area contributed by atoms with Crippen LogP contribution in [0.1, 0.15) is 5.56 Å². The van der Waals surface area contributed by atoms with E-state index in [1.165, 1.54) is 0 Å². The van der Waals surface area contributed by atoms with Crippen LogP contribution in [0.4, 0.5) is 0 Å². The molecule has 0 aromatic heterocycles. The van der Waals surface area contributed by atoms with Gasteiger partial charge < -0.3 is 10.4 Å². The summed E-state index contributed by atoms with van der Waals surface area (Å²) < 4.78 is 0. The van der Waals surface area contributed by atoms with Crippen LogP contribution in [0, 0.1) is 0 Å². The number of phenols is 1. The van der Waals surface area contributed by atoms with Gasteiger partial charge in [0, 0.05) is 24.5 Å². The van der Waals surface area contributed by atoms with E-state index in [1.54, 1.807) is 6.07 Å². The van der Waals surface area contributed by atoms with Gasteiger partial charge in [0.15, 0.2) is 0 Å². The molecule has 17 heavy (non-hydrogen) atoms. The number of benzene rings is 2. The number of phenolic OH excluding ortho intramolecular Hbond substituents is 1. The van der Waals surface area contributed by atoms with Gasteiger partial charge in [0.1, 0.15) is 5.75 Å². The Morgan fingerprint density at radius 3 is 2.65 bits per heavy atom. The molecule has 92 valence electrons. The summed E-state index contributed by atoms with van der Waals surface area (Å²) >= 11 is 5.60. The van der Waals surface area contributed by atoms with Gasteiger partial charge in [0.05, 0.1) is 0 Å². The molecule has 2 aromatic rings. The number of aromatic hydroxyl groups is 1. The smallest absolute Gasteiger partial charge is 0.120 e. The maximum absolute atomic E-state index is 9.83.